The number of hydrogen-bond donors (Lipinski definition) is 2. The van der Waals surface area contributed by atoms with Crippen molar-refractivity contribution >= 4 is 41.5 Å². The number of benzene rings is 1. The van der Waals surface area contributed by atoms with Crippen LogP contribution in [0.2, 0.25) is 0 Å². The lowest BCUT2D eigenvalue weighted by Crippen LogP contribution is -2.25. The predicted molar refractivity (Wildman–Crippen MR) is 85.1 cm³/mol. The zero-order valence-electron chi connectivity index (χ0n) is 11.5. The van der Waals surface area contributed by atoms with Crippen LogP contribution in [0.3, 0.4) is 0 Å². The highest BCUT2D eigenvalue weighted by atomic mass is 35.5. The quantitative estimate of drug-likeness (QED) is 0.888. The third-order valence-corrected chi connectivity index (χ3v) is 3.31. The summed E-state index contributed by atoms with van der Waals surface area (Å²) in [6.07, 6.45) is 2.50. The molecule has 0 saturated carbocycles. The molecule has 0 unspecified atom stereocenters. The maximum Gasteiger partial charge on any atom is 0.223 e. The molecular weight excluding hydrogens is 290 g/mol. The fourth-order valence-corrected chi connectivity index (χ4v) is 2.38. The van der Waals surface area contributed by atoms with E-state index in [2.05, 4.69) is 15.3 Å². The molecule has 0 saturated heterocycles. The average molecular weight is 306 g/mol. The summed E-state index contributed by atoms with van der Waals surface area (Å²) in [6, 6.07) is 7.71. The van der Waals surface area contributed by atoms with Gasteiger partial charge in [-0.25, -0.2) is 4.98 Å². The van der Waals surface area contributed by atoms with E-state index in [4.69, 9.17) is 5.73 Å². The highest BCUT2D eigenvalue weighted by molar-refractivity contribution is 5.94. The van der Waals surface area contributed by atoms with Crippen molar-refractivity contribution in [1.29, 1.82) is 0 Å². The van der Waals surface area contributed by atoms with Gasteiger partial charge in [0.05, 0.1) is 0 Å². The number of nitrogens with zero attached hydrogens (tertiary/aromatic N) is 3. The van der Waals surface area contributed by atoms with Crippen LogP contribution in [0.1, 0.15) is 12.5 Å². The Kier molecular flexibility index (Phi) is 4.28. The lowest BCUT2D eigenvalue weighted by atomic mass is 10.1. The van der Waals surface area contributed by atoms with Crippen LogP contribution in [0.4, 0.5) is 23.1 Å². The van der Waals surface area contributed by atoms with Crippen molar-refractivity contribution in [1.82, 2.24) is 9.97 Å². The summed E-state index contributed by atoms with van der Waals surface area (Å²) in [5.74, 6) is 0.915. The SMILES string of the molecule is CC(=O)N1CCc2ccc(Nc3ccnc(N)n3)cc21.Cl. The first-order chi connectivity index (χ1) is 9.63. The average Bonchev–Trinajstić information content (AvgIpc) is 2.82. The number of rotatable bonds is 2. The summed E-state index contributed by atoms with van der Waals surface area (Å²) in [5, 5.41) is 3.16. The van der Waals surface area contributed by atoms with Crippen LogP contribution in [0.25, 0.3) is 0 Å². The normalized spacial score (nSPS) is 12.5. The Labute approximate surface area is 128 Å². The summed E-state index contributed by atoms with van der Waals surface area (Å²) < 4.78 is 0. The topological polar surface area (TPSA) is 84.1 Å². The molecule has 21 heavy (non-hydrogen) atoms. The number of nitrogens with one attached hydrogen (secondary N) is 1. The van der Waals surface area contributed by atoms with Crippen LogP contribution in [0.5, 0.6) is 0 Å². The zero-order chi connectivity index (χ0) is 14.1. The first-order valence-electron chi connectivity index (χ1n) is 6.40. The second kappa shape index (κ2) is 5.97. The molecule has 1 aromatic carbocycles. The van der Waals surface area contributed by atoms with Gasteiger partial charge in [0.2, 0.25) is 11.9 Å². The molecule has 0 spiro atoms. The molecule has 0 aliphatic carbocycles. The van der Waals surface area contributed by atoms with Crippen molar-refractivity contribution in [2.24, 2.45) is 0 Å². The molecule has 7 heteroatoms. The van der Waals surface area contributed by atoms with E-state index in [1.807, 2.05) is 18.2 Å². The first kappa shape index (κ1) is 15.1. The van der Waals surface area contributed by atoms with E-state index in [0.29, 0.717) is 5.82 Å². The van der Waals surface area contributed by atoms with Gasteiger partial charge in [-0.15, -0.1) is 12.4 Å². The molecule has 1 aromatic heterocycles. The monoisotopic (exact) mass is 305 g/mol. The van der Waals surface area contributed by atoms with Crippen LogP contribution < -0.4 is 16.0 Å². The molecule has 1 aliphatic heterocycles. The summed E-state index contributed by atoms with van der Waals surface area (Å²) >= 11 is 0. The number of aromatic nitrogens is 2. The van der Waals surface area contributed by atoms with Gasteiger partial charge in [0.25, 0.3) is 0 Å². The number of halogens is 1. The molecule has 0 fully saturated rings. The molecular formula is C14H16ClN5O. The minimum absolute atomic E-state index is 0. The van der Waals surface area contributed by atoms with Crippen molar-refractivity contribution in [3.63, 3.8) is 0 Å². The number of nitrogen functional groups attached to an aromatic ring is 1. The van der Waals surface area contributed by atoms with Crippen LogP contribution >= 0.6 is 12.4 Å². The Morgan fingerprint density at radius 3 is 2.90 bits per heavy atom. The molecule has 0 atom stereocenters. The lowest BCUT2D eigenvalue weighted by Gasteiger charge is -2.16. The standard InChI is InChI=1S/C14H15N5O.ClH/c1-9(20)19-7-5-10-2-3-11(8-12(10)19)17-13-4-6-16-14(15)18-13;/h2-4,6,8H,5,7H2,1H3,(H3,15,16,17,18);1H. The van der Waals surface area contributed by atoms with E-state index in [1.165, 1.54) is 5.56 Å². The maximum absolute atomic E-state index is 11.6. The van der Waals surface area contributed by atoms with E-state index in [1.54, 1.807) is 24.1 Å². The largest absolute Gasteiger partial charge is 0.368 e. The minimum atomic E-state index is 0. The van der Waals surface area contributed by atoms with E-state index in [9.17, 15) is 4.79 Å². The number of anilines is 4. The summed E-state index contributed by atoms with van der Waals surface area (Å²) in [5.41, 5.74) is 8.57. The number of hydrogen-bond acceptors (Lipinski definition) is 5. The van der Waals surface area contributed by atoms with Crippen molar-refractivity contribution in [2.45, 2.75) is 13.3 Å². The highest BCUT2D eigenvalue weighted by Crippen LogP contribution is 2.31. The van der Waals surface area contributed by atoms with Gasteiger partial charge >= 0.3 is 0 Å². The predicted octanol–water partition coefficient (Wildman–Crippen LogP) is 2.13. The fourth-order valence-electron chi connectivity index (χ4n) is 2.38. The second-order valence-electron chi connectivity index (χ2n) is 4.69. The molecule has 1 amide bonds. The highest BCUT2D eigenvalue weighted by Gasteiger charge is 2.22. The Hall–Kier alpha value is -2.34. The van der Waals surface area contributed by atoms with Crippen LogP contribution in [0, 0.1) is 0 Å². The smallest absolute Gasteiger partial charge is 0.223 e. The van der Waals surface area contributed by atoms with Crippen LogP contribution in [-0.2, 0) is 11.2 Å². The number of fused-ring (bicyclic) bond motifs is 1. The molecule has 110 valence electrons. The molecule has 3 rings (SSSR count). The van der Waals surface area contributed by atoms with Crippen LogP contribution in [0.15, 0.2) is 30.5 Å². The van der Waals surface area contributed by atoms with Gasteiger partial charge in [-0.1, -0.05) is 6.07 Å². The van der Waals surface area contributed by atoms with E-state index in [0.717, 1.165) is 24.3 Å². The van der Waals surface area contributed by atoms with E-state index in [-0.39, 0.29) is 24.3 Å². The Bertz CT molecular complexity index is 676. The van der Waals surface area contributed by atoms with Gasteiger partial charge < -0.3 is 16.0 Å². The third kappa shape index (κ3) is 3.05. The second-order valence-corrected chi connectivity index (χ2v) is 4.69. The van der Waals surface area contributed by atoms with Crippen molar-refractivity contribution < 1.29 is 4.79 Å². The molecule has 2 aromatic rings. The fraction of sp³-hybridized carbons (Fsp3) is 0.214. The van der Waals surface area contributed by atoms with Gasteiger partial charge in [-0.2, -0.15) is 4.98 Å². The molecule has 0 radical (unpaired) electrons. The minimum Gasteiger partial charge on any atom is -0.368 e. The first-order valence-corrected chi connectivity index (χ1v) is 6.40. The lowest BCUT2D eigenvalue weighted by molar-refractivity contribution is -0.116. The molecule has 6 nitrogen and oxygen atoms in total. The van der Waals surface area contributed by atoms with Gasteiger partial charge in [0.15, 0.2) is 0 Å². The van der Waals surface area contributed by atoms with Crippen LogP contribution in [-0.4, -0.2) is 22.4 Å². The molecule has 2 heterocycles. The van der Waals surface area contributed by atoms with Gasteiger partial charge in [-0.3, -0.25) is 4.79 Å². The molecule has 0 bridgehead atoms. The number of carbonyl (C=O) groups excluding carboxylic acids is 1. The Morgan fingerprint density at radius 1 is 1.38 bits per heavy atom. The number of amides is 1. The van der Waals surface area contributed by atoms with Gasteiger partial charge in [0.1, 0.15) is 5.82 Å². The summed E-state index contributed by atoms with van der Waals surface area (Å²) in [7, 11) is 0. The van der Waals surface area contributed by atoms with Crippen molar-refractivity contribution in [3.8, 4) is 0 Å². The molecule has 3 N–H and O–H groups in total. The van der Waals surface area contributed by atoms with E-state index >= 15 is 0 Å². The summed E-state index contributed by atoms with van der Waals surface area (Å²) in [6.45, 7) is 2.33. The van der Waals surface area contributed by atoms with E-state index < -0.39 is 0 Å². The maximum atomic E-state index is 11.6. The third-order valence-electron chi connectivity index (χ3n) is 3.31. The Balaban J connectivity index is 0.00000161. The number of nitrogens with two attached hydrogens (primary N) is 1. The van der Waals surface area contributed by atoms with Crippen molar-refractivity contribution in [3.05, 3.63) is 36.0 Å². The van der Waals surface area contributed by atoms with Gasteiger partial charge in [0, 0.05) is 31.0 Å². The molecule has 1 aliphatic rings. The summed E-state index contributed by atoms with van der Waals surface area (Å²) in [4.78, 5) is 21.3. The Morgan fingerprint density at radius 2 is 2.19 bits per heavy atom. The van der Waals surface area contributed by atoms with Crippen molar-refractivity contribution in [2.75, 3.05) is 22.5 Å². The zero-order valence-corrected chi connectivity index (χ0v) is 12.4. The van der Waals surface area contributed by atoms with Gasteiger partial charge in [-0.05, 0) is 30.2 Å². The number of carbonyl (C=O) groups is 1.